The van der Waals surface area contributed by atoms with Crippen molar-refractivity contribution >= 4 is 27.7 Å². The maximum atomic E-state index is 11.5. The zero-order valence-electron chi connectivity index (χ0n) is 10.6. The topological polar surface area (TPSA) is 38.3 Å². The number of anilines is 1. The number of amides is 1. The van der Waals surface area contributed by atoms with Crippen molar-refractivity contribution in [2.45, 2.75) is 38.1 Å². The third-order valence-corrected chi connectivity index (χ3v) is 2.54. The Morgan fingerprint density at radius 1 is 1.29 bits per heavy atom. The van der Waals surface area contributed by atoms with Gasteiger partial charge in [-0.25, -0.2) is 4.79 Å². The van der Waals surface area contributed by atoms with E-state index in [1.54, 1.807) is 0 Å². The van der Waals surface area contributed by atoms with Crippen LogP contribution in [0.2, 0.25) is 0 Å². The number of halogens is 1. The Kier molecular flexibility index (Phi) is 4.57. The van der Waals surface area contributed by atoms with Crippen LogP contribution in [0.1, 0.15) is 38.1 Å². The van der Waals surface area contributed by atoms with Crippen molar-refractivity contribution in [1.82, 2.24) is 0 Å². The van der Waals surface area contributed by atoms with E-state index in [4.69, 9.17) is 4.74 Å². The van der Waals surface area contributed by atoms with Crippen LogP contribution < -0.4 is 5.32 Å². The highest BCUT2D eigenvalue weighted by molar-refractivity contribution is 9.09. The number of benzene rings is 1. The molecule has 0 aliphatic carbocycles. The molecule has 0 saturated carbocycles. The normalized spacial score (nSPS) is 13.0. The van der Waals surface area contributed by atoms with E-state index in [1.807, 2.05) is 45.0 Å². The van der Waals surface area contributed by atoms with Crippen LogP contribution in [-0.4, -0.2) is 11.7 Å². The van der Waals surface area contributed by atoms with Crippen molar-refractivity contribution in [3.05, 3.63) is 29.8 Å². The molecule has 94 valence electrons. The molecular weight excluding hydrogens is 282 g/mol. The second-order valence-electron chi connectivity index (χ2n) is 4.86. The Bertz CT molecular complexity index is 379. The lowest BCUT2D eigenvalue weighted by Gasteiger charge is -2.19. The minimum absolute atomic E-state index is 0.304. The van der Waals surface area contributed by atoms with Gasteiger partial charge in [-0.05, 0) is 45.4 Å². The molecule has 1 aromatic carbocycles. The number of carbonyl (C=O) groups is 1. The predicted octanol–water partition coefficient (Wildman–Crippen LogP) is 4.49. The molecule has 3 nitrogen and oxygen atoms in total. The molecule has 17 heavy (non-hydrogen) atoms. The van der Waals surface area contributed by atoms with Gasteiger partial charge in [0.25, 0.3) is 0 Å². The van der Waals surface area contributed by atoms with Gasteiger partial charge < -0.3 is 4.74 Å². The van der Waals surface area contributed by atoms with E-state index in [2.05, 4.69) is 28.2 Å². The van der Waals surface area contributed by atoms with Crippen molar-refractivity contribution in [2.24, 2.45) is 0 Å². The lowest BCUT2D eigenvalue weighted by molar-refractivity contribution is 0.0636. The van der Waals surface area contributed by atoms with Gasteiger partial charge in [-0.3, -0.25) is 5.32 Å². The van der Waals surface area contributed by atoms with E-state index >= 15 is 0 Å². The molecule has 1 atom stereocenters. The summed E-state index contributed by atoms with van der Waals surface area (Å²) < 4.78 is 5.16. The van der Waals surface area contributed by atoms with Gasteiger partial charge in [-0.2, -0.15) is 0 Å². The molecule has 0 aliphatic rings. The number of carbonyl (C=O) groups excluding carboxylic acids is 1. The summed E-state index contributed by atoms with van der Waals surface area (Å²) in [5, 5.41) is 2.69. The molecule has 0 aliphatic heterocycles. The Hall–Kier alpha value is -1.03. The first-order valence-electron chi connectivity index (χ1n) is 5.52. The van der Waals surface area contributed by atoms with Gasteiger partial charge >= 0.3 is 6.09 Å². The summed E-state index contributed by atoms with van der Waals surface area (Å²) in [5.74, 6) is 0. The summed E-state index contributed by atoms with van der Waals surface area (Å²) in [4.78, 5) is 11.8. The average molecular weight is 300 g/mol. The minimum atomic E-state index is -0.478. The van der Waals surface area contributed by atoms with Gasteiger partial charge in [-0.1, -0.05) is 28.1 Å². The highest BCUT2D eigenvalue weighted by Crippen LogP contribution is 2.23. The summed E-state index contributed by atoms with van der Waals surface area (Å²) >= 11 is 3.49. The molecule has 0 spiro atoms. The molecule has 0 radical (unpaired) electrons. The van der Waals surface area contributed by atoms with Gasteiger partial charge in [0.2, 0.25) is 0 Å². The van der Waals surface area contributed by atoms with E-state index in [-0.39, 0.29) is 0 Å². The monoisotopic (exact) mass is 299 g/mol. The van der Waals surface area contributed by atoms with Gasteiger partial charge in [0.15, 0.2) is 0 Å². The molecule has 0 aromatic heterocycles. The number of rotatable bonds is 2. The second-order valence-corrected chi connectivity index (χ2v) is 6.24. The summed E-state index contributed by atoms with van der Waals surface area (Å²) in [5.41, 5.74) is 1.42. The fraction of sp³-hybridized carbons (Fsp3) is 0.462. The number of ether oxygens (including phenoxy) is 1. The van der Waals surface area contributed by atoms with Gasteiger partial charge in [0.05, 0.1) is 0 Å². The quantitative estimate of drug-likeness (QED) is 0.817. The molecule has 1 N–H and O–H groups in total. The summed E-state index contributed by atoms with van der Waals surface area (Å²) in [6, 6.07) is 7.65. The SMILES string of the molecule is CC(Br)c1ccc(NC(=O)OC(C)(C)C)cc1. The maximum absolute atomic E-state index is 11.5. The fourth-order valence-electron chi connectivity index (χ4n) is 1.25. The Labute approximate surface area is 111 Å². The predicted molar refractivity (Wildman–Crippen MR) is 73.6 cm³/mol. The van der Waals surface area contributed by atoms with Crippen LogP contribution in [0.15, 0.2) is 24.3 Å². The van der Waals surface area contributed by atoms with Crippen LogP contribution in [0.3, 0.4) is 0 Å². The van der Waals surface area contributed by atoms with Gasteiger partial charge in [0.1, 0.15) is 5.60 Å². The van der Waals surface area contributed by atoms with E-state index in [9.17, 15) is 4.79 Å². The largest absolute Gasteiger partial charge is 0.444 e. The number of alkyl halides is 1. The molecule has 0 fully saturated rings. The van der Waals surface area contributed by atoms with E-state index in [0.717, 1.165) is 5.69 Å². The molecule has 1 unspecified atom stereocenters. The smallest absolute Gasteiger partial charge is 0.412 e. The number of hydrogen-bond acceptors (Lipinski definition) is 2. The summed E-state index contributed by atoms with van der Waals surface area (Å²) in [6.07, 6.45) is -0.433. The third-order valence-electron chi connectivity index (χ3n) is 2.02. The van der Waals surface area contributed by atoms with E-state index in [1.165, 1.54) is 5.56 Å². The molecular formula is C13H18BrNO2. The molecule has 1 rings (SSSR count). The first-order chi connectivity index (χ1) is 7.78. The number of nitrogens with one attached hydrogen (secondary N) is 1. The molecule has 4 heteroatoms. The van der Waals surface area contributed by atoms with Gasteiger partial charge in [-0.15, -0.1) is 0 Å². The Morgan fingerprint density at radius 3 is 2.24 bits per heavy atom. The van der Waals surface area contributed by atoms with Crippen LogP contribution in [0.25, 0.3) is 0 Å². The van der Waals surface area contributed by atoms with E-state index in [0.29, 0.717) is 4.83 Å². The van der Waals surface area contributed by atoms with Crippen molar-refractivity contribution in [3.8, 4) is 0 Å². The van der Waals surface area contributed by atoms with Crippen LogP contribution >= 0.6 is 15.9 Å². The lowest BCUT2D eigenvalue weighted by atomic mass is 10.1. The van der Waals surface area contributed by atoms with Gasteiger partial charge in [0, 0.05) is 10.5 Å². The maximum Gasteiger partial charge on any atom is 0.412 e. The molecule has 0 saturated heterocycles. The summed E-state index contributed by atoms with van der Waals surface area (Å²) in [6.45, 7) is 7.56. The Morgan fingerprint density at radius 2 is 1.82 bits per heavy atom. The highest BCUT2D eigenvalue weighted by atomic mass is 79.9. The first-order valence-corrected chi connectivity index (χ1v) is 6.43. The van der Waals surface area contributed by atoms with Crippen molar-refractivity contribution in [2.75, 3.05) is 5.32 Å². The lowest BCUT2D eigenvalue weighted by Crippen LogP contribution is -2.27. The highest BCUT2D eigenvalue weighted by Gasteiger charge is 2.16. The van der Waals surface area contributed by atoms with Crippen LogP contribution in [0.5, 0.6) is 0 Å². The van der Waals surface area contributed by atoms with Crippen LogP contribution in [-0.2, 0) is 4.74 Å². The number of hydrogen-bond donors (Lipinski definition) is 1. The van der Waals surface area contributed by atoms with Crippen LogP contribution in [0.4, 0.5) is 10.5 Å². The van der Waals surface area contributed by atoms with Crippen LogP contribution in [0, 0.1) is 0 Å². The zero-order chi connectivity index (χ0) is 13.1. The second kappa shape index (κ2) is 5.54. The first kappa shape index (κ1) is 14.0. The molecule has 0 heterocycles. The van der Waals surface area contributed by atoms with Crippen molar-refractivity contribution < 1.29 is 9.53 Å². The average Bonchev–Trinajstić information content (AvgIpc) is 2.15. The fourth-order valence-corrected chi connectivity index (χ4v) is 1.56. The van der Waals surface area contributed by atoms with Crippen molar-refractivity contribution in [3.63, 3.8) is 0 Å². The molecule has 1 aromatic rings. The Balaban J connectivity index is 2.61. The molecule has 1 amide bonds. The zero-order valence-corrected chi connectivity index (χ0v) is 12.2. The third kappa shape index (κ3) is 5.22. The molecule has 0 bridgehead atoms. The minimum Gasteiger partial charge on any atom is -0.444 e. The summed E-state index contributed by atoms with van der Waals surface area (Å²) in [7, 11) is 0. The van der Waals surface area contributed by atoms with E-state index < -0.39 is 11.7 Å². The van der Waals surface area contributed by atoms with Crippen molar-refractivity contribution in [1.29, 1.82) is 0 Å². The standard InChI is InChI=1S/C13H18BrNO2/c1-9(14)10-5-7-11(8-6-10)15-12(16)17-13(2,3)4/h5-9H,1-4H3,(H,15,16).